The second-order valence-electron chi connectivity index (χ2n) is 5.95. The van der Waals surface area contributed by atoms with Gasteiger partial charge in [-0.1, -0.05) is 25.4 Å². The van der Waals surface area contributed by atoms with Crippen LogP contribution in [0.1, 0.15) is 36.5 Å². The molecule has 0 fully saturated rings. The molecular weight excluding hydrogens is 279 g/mol. The van der Waals surface area contributed by atoms with Crippen LogP contribution in [0.5, 0.6) is 0 Å². The van der Waals surface area contributed by atoms with Crippen LogP contribution in [-0.4, -0.2) is 15.3 Å². The zero-order chi connectivity index (χ0) is 14.5. The van der Waals surface area contributed by atoms with Crippen LogP contribution in [-0.2, 0) is 6.42 Å². The van der Waals surface area contributed by atoms with Gasteiger partial charge in [0.15, 0.2) is 5.78 Å². The summed E-state index contributed by atoms with van der Waals surface area (Å²) >= 11 is 5.68. The first-order valence-electron chi connectivity index (χ1n) is 6.42. The van der Waals surface area contributed by atoms with Crippen molar-refractivity contribution in [3.05, 3.63) is 46.8 Å². The third kappa shape index (κ3) is 2.14. The fourth-order valence-electron chi connectivity index (χ4n) is 2.67. The van der Waals surface area contributed by atoms with Crippen molar-refractivity contribution in [3.8, 4) is 5.69 Å². The van der Waals surface area contributed by atoms with Crippen molar-refractivity contribution in [2.24, 2.45) is 5.41 Å². The summed E-state index contributed by atoms with van der Waals surface area (Å²) in [5.74, 6) is -0.459. The van der Waals surface area contributed by atoms with Crippen molar-refractivity contribution in [2.45, 2.75) is 26.7 Å². The molecule has 0 spiro atoms. The Morgan fingerprint density at radius 3 is 2.80 bits per heavy atom. The molecule has 1 heterocycles. The number of fused-ring (bicyclic) bond motifs is 1. The third-order valence-corrected chi connectivity index (χ3v) is 3.88. The molecule has 0 radical (unpaired) electrons. The van der Waals surface area contributed by atoms with Gasteiger partial charge in [0.2, 0.25) is 0 Å². The monoisotopic (exact) mass is 292 g/mol. The van der Waals surface area contributed by atoms with E-state index >= 15 is 0 Å². The fraction of sp³-hybridized carbons (Fsp3) is 0.333. The molecule has 2 aromatic rings. The van der Waals surface area contributed by atoms with E-state index in [9.17, 15) is 9.18 Å². The molecule has 104 valence electrons. The van der Waals surface area contributed by atoms with Gasteiger partial charge in [-0.3, -0.25) is 9.36 Å². The Balaban J connectivity index is 2.11. The lowest BCUT2D eigenvalue weighted by molar-refractivity contribution is 0.0904. The summed E-state index contributed by atoms with van der Waals surface area (Å²) in [5, 5.41) is 0.0650. The van der Waals surface area contributed by atoms with E-state index in [0.717, 1.165) is 12.1 Å². The highest BCUT2D eigenvalue weighted by Crippen LogP contribution is 2.35. The normalized spacial score (nSPS) is 17.1. The molecule has 20 heavy (non-hydrogen) atoms. The first-order valence-corrected chi connectivity index (χ1v) is 6.80. The smallest absolute Gasteiger partial charge is 0.182 e. The Morgan fingerprint density at radius 2 is 2.10 bits per heavy atom. The molecule has 3 nitrogen and oxygen atoms in total. The van der Waals surface area contributed by atoms with Crippen molar-refractivity contribution in [1.82, 2.24) is 9.55 Å². The van der Waals surface area contributed by atoms with Crippen LogP contribution in [0.3, 0.4) is 0 Å². The van der Waals surface area contributed by atoms with Crippen molar-refractivity contribution in [1.29, 1.82) is 0 Å². The number of hydrogen-bond donors (Lipinski definition) is 0. The van der Waals surface area contributed by atoms with E-state index in [2.05, 4.69) is 18.8 Å². The lowest BCUT2D eigenvalue weighted by Gasteiger charge is -2.28. The van der Waals surface area contributed by atoms with Gasteiger partial charge in [-0.25, -0.2) is 9.37 Å². The van der Waals surface area contributed by atoms with E-state index in [1.807, 2.05) is 0 Å². The fourth-order valence-corrected chi connectivity index (χ4v) is 2.79. The van der Waals surface area contributed by atoms with Crippen molar-refractivity contribution in [3.63, 3.8) is 0 Å². The summed E-state index contributed by atoms with van der Waals surface area (Å²) in [6.45, 7) is 4.10. The zero-order valence-corrected chi connectivity index (χ0v) is 12.0. The first kappa shape index (κ1) is 13.3. The number of Topliss-reactive ketones (excluding diaryl/α,β-unsaturated/α-hetero) is 1. The number of carbonyl (C=O) groups excluding carboxylic acids is 1. The summed E-state index contributed by atoms with van der Waals surface area (Å²) in [7, 11) is 0. The number of aromatic nitrogens is 2. The van der Waals surface area contributed by atoms with Crippen LogP contribution < -0.4 is 0 Å². The van der Waals surface area contributed by atoms with Crippen LogP contribution >= 0.6 is 11.6 Å². The summed E-state index contributed by atoms with van der Waals surface area (Å²) in [4.78, 5) is 16.6. The van der Waals surface area contributed by atoms with E-state index in [4.69, 9.17) is 11.6 Å². The highest BCUT2D eigenvalue weighted by molar-refractivity contribution is 6.30. The molecule has 0 saturated heterocycles. The average molecular weight is 293 g/mol. The van der Waals surface area contributed by atoms with Crippen LogP contribution in [0.25, 0.3) is 5.69 Å². The predicted octanol–water partition coefficient (Wildman–Crippen LogP) is 3.82. The Morgan fingerprint density at radius 1 is 1.35 bits per heavy atom. The molecule has 0 saturated carbocycles. The molecule has 1 aliphatic carbocycles. The Hall–Kier alpha value is -1.68. The van der Waals surface area contributed by atoms with Crippen molar-refractivity contribution >= 4 is 17.4 Å². The lowest BCUT2D eigenvalue weighted by atomic mass is 9.77. The quantitative estimate of drug-likeness (QED) is 0.801. The number of carbonyl (C=O) groups is 1. The molecule has 5 heteroatoms. The number of benzene rings is 1. The maximum absolute atomic E-state index is 13.6. The van der Waals surface area contributed by atoms with Gasteiger partial charge in [-0.2, -0.15) is 0 Å². The van der Waals surface area contributed by atoms with Gasteiger partial charge in [0.1, 0.15) is 17.8 Å². The van der Waals surface area contributed by atoms with Crippen molar-refractivity contribution in [2.75, 3.05) is 0 Å². The topological polar surface area (TPSA) is 34.9 Å². The molecule has 3 rings (SSSR count). The number of nitrogens with zero attached hydrogens (tertiary/aromatic N) is 2. The van der Waals surface area contributed by atoms with Gasteiger partial charge in [0.25, 0.3) is 0 Å². The molecule has 1 aliphatic rings. The van der Waals surface area contributed by atoms with E-state index in [1.54, 1.807) is 17.0 Å². The van der Waals surface area contributed by atoms with E-state index in [0.29, 0.717) is 17.8 Å². The minimum atomic E-state index is -0.504. The molecule has 0 atom stereocenters. The number of ketones is 1. The van der Waals surface area contributed by atoms with Crippen molar-refractivity contribution < 1.29 is 9.18 Å². The highest BCUT2D eigenvalue weighted by atomic mass is 35.5. The SMILES string of the molecule is CC1(C)CC(=O)c2c(ncn2-c2ccc(Cl)c(F)c2)C1. The Bertz CT molecular complexity index is 706. The summed E-state index contributed by atoms with van der Waals surface area (Å²) < 4.78 is 15.2. The maximum atomic E-state index is 13.6. The second-order valence-corrected chi connectivity index (χ2v) is 6.36. The van der Waals surface area contributed by atoms with Crippen LogP contribution in [0.15, 0.2) is 24.5 Å². The Labute approximate surface area is 121 Å². The van der Waals surface area contributed by atoms with E-state index in [1.165, 1.54) is 12.1 Å². The lowest BCUT2D eigenvalue weighted by Crippen LogP contribution is -2.28. The van der Waals surface area contributed by atoms with Gasteiger partial charge >= 0.3 is 0 Å². The van der Waals surface area contributed by atoms with Gasteiger partial charge < -0.3 is 0 Å². The average Bonchev–Trinajstić information content (AvgIpc) is 2.75. The molecule has 0 amide bonds. The van der Waals surface area contributed by atoms with Crippen LogP contribution in [0, 0.1) is 11.2 Å². The number of hydrogen-bond acceptors (Lipinski definition) is 2. The molecule has 1 aromatic carbocycles. The van der Waals surface area contributed by atoms with Crippen LogP contribution in [0.2, 0.25) is 5.02 Å². The van der Waals surface area contributed by atoms with Gasteiger partial charge in [0.05, 0.1) is 16.4 Å². The van der Waals surface area contributed by atoms with Gasteiger partial charge in [-0.15, -0.1) is 0 Å². The summed E-state index contributed by atoms with van der Waals surface area (Å²) in [6.07, 6.45) is 2.80. The largest absolute Gasteiger partial charge is 0.296 e. The number of rotatable bonds is 1. The number of halogens is 2. The molecule has 1 aromatic heterocycles. The molecule has 0 aliphatic heterocycles. The summed E-state index contributed by atoms with van der Waals surface area (Å²) in [5.41, 5.74) is 1.83. The highest BCUT2D eigenvalue weighted by Gasteiger charge is 2.34. The van der Waals surface area contributed by atoms with Crippen LogP contribution in [0.4, 0.5) is 4.39 Å². The standard InChI is InChI=1S/C15H14ClFN2O/c1-15(2)6-12-14(13(20)7-15)19(8-18-12)9-3-4-10(16)11(17)5-9/h3-5,8H,6-7H2,1-2H3. The molecule has 0 N–H and O–H groups in total. The number of imidazole rings is 1. The molecule has 0 bridgehead atoms. The van der Waals surface area contributed by atoms with Gasteiger partial charge in [0, 0.05) is 6.42 Å². The van der Waals surface area contributed by atoms with E-state index in [-0.39, 0.29) is 16.2 Å². The van der Waals surface area contributed by atoms with Gasteiger partial charge in [-0.05, 0) is 30.0 Å². The molecular formula is C15H14ClFN2O. The second kappa shape index (κ2) is 4.42. The summed E-state index contributed by atoms with van der Waals surface area (Å²) in [6, 6.07) is 4.48. The zero-order valence-electron chi connectivity index (χ0n) is 11.3. The Kier molecular flexibility index (Phi) is 2.94. The minimum Gasteiger partial charge on any atom is -0.296 e. The molecule has 0 unspecified atom stereocenters. The minimum absolute atomic E-state index is 0.0455. The third-order valence-electron chi connectivity index (χ3n) is 3.57. The predicted molar refractivity (Wildman–Crippen MR) is 75.0 cm³/mol. The van der Waals surface area contributed by atoms with E-state index < -0.39 is 5.82 Å². The first-order chi connectivity index (χ1) is 9.37. The maximum Gasteiger partial charge on any atom is 0.182 e.